The first-order valence-electron chi connectivity index (χ1n) is 13.6. The number of hydrogen-bond acceptors (Lipinski definition) is 18. The van der Waals surface area contributed by atoms with Crippen LogP contribution in [0.2, 0.25) is 0 Å². The van der Waals surface area contributed by atoms with E-state index in [2.05, 4.69) is 0 Å². The smallest absolute Gasteiger partial charge is 0.341 e. The summed E-state index contributed by atoms with van der Waals surface area (Å²) < 4.78 is 45.0. The van der Waals surface area contributed by atoms with Crippen molar-refractivity contribution in [3.63, 3.8) is 0 Å². The summed E-state index contributed by atoms with van der Waals surface area (Å²) in [6, 6.07) is -4.93. The van der Waals surface area contributed by atoms with Crippen LogP contribution in [-0.2, 0) is 32.9 Å². The Balaban J connectivity index is 2.22. The highest BCUT2D eigenvalue weighted by molar-refractivity contribution is 7.70. The first-order chi connectivity index (χ1) is 21.2. The zero-order valence-electron chi connectivity index (χ0n) is 23.9. The van der Waals surface area contributed by atoms with Gasteiger partial charge in [-0.2, -0.15) is 0 Å². The average Bonchev–Trinajstić information content (AvgIpc) is 2.98. The van der Waals surface area contributed by atoms with Crippen molar-refractivity contribution in [2.24, 2.45) is 11.5 Å². The number of carbonyl (C=O) groups excluding carboxylic acids is 1. The second-order valence-corrected chi connectivity index (χ2v) is 14.7. The predicted molar refractivity (Wildman–Crippen MR) is 146 cm³/mol. The van der Waals surface area contributed by atoms with E-state index >= 15 is 0 Å². The van der Waals surface area contributed by atoms with Crippen LogP contribution in [0.4, 0.5) is 0 Å². The Morgan fingerprint density at radius 3 is 1.80 bits per heavy atom. The van der Waals surface area contributed by atoms with Crippen LogP contribution in [0.15, 0.2) is 0 Å². The molecule has 1 amide bonds. The highest BCUT2D eigenvalue weighted by Crippen LogP contribution is 2.61. The number of amides is 1. The van der Waals surface area contributed by atoms with E-state index in [1.54, 1.807) is 0 Å². The van der Waals surface area contributed by atoms with Crippen molar-refractivity contribution in [3.05, 3.63) is 0 Å². The van der Waals surface area contributed by atoms with Crippen LogP contribution < -0.4 is 16.8 Å². The maximum Gasteiger partial charge on any atom is 0.341 e. The maximum atomic E-state index is 12.4. The van der Waals surface area contributed by atoms with Crippen LogP contribution >= 0.6 is 15.2 Å². The summed E-state index contributed by atoms with van der Waals surface area (Å²) in [5.41, 5.74) is 11.9. The molecule has 2 heterocycles. The standard InChI is InChI=1S/C21H43N3O20P2/c22-12-16(33)15(32)8(4-27)41-20(12)44-19-9(5-28)42-21(13(23)17(19)34)43-18(7(29)3-26)14(31)6(2-25)24-10(30)1-11(45(35,36)37)46(38,39)40/h6-9,11-21,25-29,31-34H,1-5,22-23H2,(H,24,30)(H2,35,36,37)(H2,38,39,40)/t6?,7?,8?,9?,12?,13?,14-,15+,16-,17-,18+,19+,20-,21-/m0/s1. The van der Waals surface area contributed by atoms with Crippen LogP contribution in [0.1, 0.15) is 6.42 Å². The summed E-state index contributed by atoms with van der Waals surface area (Å²) in [4.78, 5) is 49.3. The molecule has 14 atom stereocenters. The molecule has 0 radical (unpaired) electrons. The average molecular weight is 720 g/mol. The minimum absolute atomic E-state index is 0.756. The fourth-order valence-corrected chi connectivity index (χ4v) is 7.12. The lowest BCUT2D eigenvalue weighted by atomic mass is 9.95. The highest BCUT2D eigenvalue weighted by Gasteiger charge is 2.51. The topological polar surface area (TPSA) is 415 Å². The van der Waals surface area contributed by atoms with Crippen molar-refractivity contribution in [2.75, 3.05) is 26.4 Å². The Morgan fingerprint density at radius 1 is 0.804 bits per heavy atom. The van der Waals surface area contributed by atoms with Gasteiger partial charge in [0.05, 0.1) is 51.0 Å². The molecule has 0 saturated carbocycles. The molecule has 0 bridgehead atoms. The number of aliphatic hydroxyl groups excluding tert-OH is 9. The van der Waals surface area contributed by atoms with E-state index in [4.69, 9.17) is 30.4 Å². The van der Waals surface area contributed by atoms with Gasteiger partial charge in [-0.1, -0.05) is 0 Å². The van der Waals surface area contributed by atoms with Crippen molar-refractivity contribution < 1.29 is 98.4 Å². The molecule has 23 nitrogen and oxygen atoms in total. The third-order valence-electron chi connectivity index (χ3n) is 7.41. The van der Waals surface area contributed by atoms with E-state index in [9.17, 15) is 79.5 Å². The molecule has 2 aliphatic rings. The molecular weight excluding hydrogens is 676 g/mol. The Hall–Kier alpha value is -0.830. The van der Waals surface area contributed by atoms with E-state index in [1.165, 1.54) is 0 Å². The molecule has 2 fully saturated rings. The van der Waals surface area contributed by atoms with Gasteiger partial charge in [-0.25, -0.2) is 0 Å². The molecule has 46 heavy (non-hydrogen) atoms. The second-order valence-electron chi connectivity index (χ2n) is 10.7. The van der Waals surface area contributed by atoms with Crippen LogP contribution in [0, 0.1) is 0 Å². The third kappa shape index (κ3) is 10.1. The molecular formula is C21H43N3O20P2. The molecule has 0 aromatic carbocycles. The number of nitrogens with one attached hydrogen (secondary N) is 1. The summed E-state index contributed by atoms with van der Waals surface area (Å²) >= 11 is 0. The minimum Gasteiger partial charge on any atom is -0.394 e. The maximum absolute atomic E-state index is 12.4. The number of carbonyl (C=O) groups is 1. The van der Waals surface area contributed by atoms with Crippen LogP contribution in [-0.4, -0.2) is 189 Å². The van der Waals surface area contributed by atoms with Gasteiger partial charge in [-0.3, -0.25) is 13.9 Å². The third-order valence-corrected chi connectivity index (χ3v) is 11.1. The van der Waals surface area contributed by atoms with Gasteiger partial charge in [-0.15, -0.1) is 0 Å². The largest absolute Gasteiger partial charge is 0.394 e. The molecule has 6 unspecified atom stereocenters. The van der Waals surface area contributed by atoms with E-state index in [1.807, 2.05) is 5.32 Å². The lowest BCUT2D eigenvalue weighted by Crippen LogP contribution is -2.68. The number of aliphatic hydroxyl groups is 9. The Morgan fingerprint density at radius 2 is 1.33 bits per heavy atom. The Bertz CT molecular complexity index is 1040. The van der Waals surface area contributed by atoms with E-state index in [-0.39, 0.29) is 0 Å². The fraction of sp³-hybridized carbons (Fsp3) is 0.952. The normalized spacial score (nSPS) is 35.4. The molecule has 25 heteroatoms. The molecule has 2 aliphatic heterocycles. The number of nitrogens with two attached hydrogens (primary N) is 2. The van der Waals surface area contributed by atoms with Gasteiger partial charge in [-0.05, 0) is 0 Å². The van der Waals surface area contributed by atoms with Crippen LogP contribution in [0.5, 0.6) is 0 Å². The first-order valence-corrected chi connectivity index (χ1v) is 17.0. The van der Waals surface area contributed by atoms with E-state index < -0.39 is 145 Å². The molecule has 0 aliphatic carbocycles. The van der Waals surface area contributed by atoms with Gasteiger partial charge in [0.15, 0.2) is 18.0 Å². The van der Waals surface area contributed by atoms with Crippen LogP contribution in [0.3, 0.4) is 0 Å². The fourth-order valence-electron chi connectivity index (χ4n) is 4.75. The lowest BCUT2D eigenvalue weighted by Gasteiger charge is -2.47. The SMILES string of the molecule is NC1[C@H](O[C@@H]2C(CO)O[C@@H](O[C@H](C(O)CO)[C@@H](O)C(CO)NC(=O)CC(P(=O)(O)O)P(=O)(O)O)C(N)[C@@H]2O)OC(CO)[C@@H](O)[C@H]1O. The zero-order valence-corrected chi connectivity index (χ0v) is 25.7. The van der Waals surface area contributed by atoms with Crippen molar-refractivity contribution in [1.29, 1.82) is 0 Å². The minimum atomic E-state index is -5.52. The quantitative estimate of drug-likeness (QED) is 0.0658. The lowest BCUT2D eigenvalue weighted by molar-refractivity contribution is -0.338. The number of hydrogen-bond donors (Lipinski definition) is 16. The zero-order chi connectivity index (χ0) is 35.3. The second kappa shape index (κ2) is 17.2. The monoisotopic (exact) mass is 719 g/mol. The van der Waals surface area contributed by atoms with Crippen molar-refractivity contribution in [3.8, 4) is 0 Å². The van der Waals surface area contributed by atoms with Gasteiger partial charge in [0.25, 0.3) is 0 Å². The first kappa shape index (κ1) is 41.3. The van der Waals surface area contributed by atoms with E-state index in [0.717, 1.165) is 0 Å². The van der Waals surface area contributed by atoms with Gasteiger partial charge in [0.2, 0.25) is 5.91 Å². The molecule has 0 aromatic rings. The highest BCUT2D eigenvalue weighted by atomic mass is 31.2. The summed E-state index contributed by atoms with van der Waals surface area (Å²) in [6.07, 6.45) is -20.6. The van der Waals surface area contributed by atoms with Crippen molar-refractivity contribution in [1.82, 2.24) is 5.32 Å². The Kier molecular flexibility index (Phi) is 15.5. The van der Waals surface area contributed by atoms with Crippen LogP contribution in [0.25, 0.3) is 0 Å². The number of ether oxygens (including phenoxy) is 4. The van der Waals surface area contributed by atoms with Gasteiger partial charge in [0.1, 0.15) is 54.9 Å². The van der Waals surface area contributed by atoms with Gasteiger partial charge < -0.3 is 101 Å². The molecule has 18 N–H and O–H groups in total. The van der Waals surface area contributed by atoms with Crippen molar-refractivity contribution in [2.45, 2.75) is 97.5 Å². The Labute approximate surface area is 260 Å². The summed E-state index contributed by atoms with van der Waals surface area (Å²) in [7, 11) is -11.0. The molecule has 272 valence electrons. The molecule has 0 spiro atoms. The van der Waals surface area contributed by atoms with Crippen molar-refractivity contribution >= 4 is 21.1 Å². The number of rotatable bonds is 16. The van der Waals surface area contributed by atoms with Gasteiger partial charge in [0, 0.05) is 0 Å². The molecule has 2 rings (SSSR count). The van der Waals surface area contributed by atoms with Gasteiger partial charge >= 0.3 is 15.2 Å². The predicted octanol–water partition coefficient (Wildman–Crippen LogP) is -8.81. The summed E-state index contributed by atoms with van der Waals surface area (Å²) in [6.45, 7) is -3.94. The van der Waals surface area contributed by atoms with E-state index in [0.29, 0.717) is 0 Å². The summed E-state index contributed by atoms with van der Waals surface area (Å²) in [5.74, 6) is -1.46. The summed E-state index contributed by atoms with van der Waals surface area (Å²) in [5, 5.41) is 90.1. The molecule has 2 saturated heterocycles. The molecule has 0 aromatic heterocycles.